The molecule has 0 saturated heterocycles. The first-order chi connectivity index (χ1) is 11.6. The van der Waals surface area contributed by atoms with Gasteiger partial charge in [0, 0.05) is 11.8 Å². The van der Waals surface area contributed by atoms with Gasteiger partial charge in [0.25, 0.3) is 5.91 Å². The molecule has 1 aliphatic heterocycles. The molecule has 0 radical (unpaired) electrons. The average molecular weight is 343 g/mol. The zero-order valence-electron chi connectivity index (χ0n) is 12.2. The number of carbonyl (C=O) groups excluding carboxylic acids is 1. The zero-order chi connectivity index (χ0) is 17.1. The standard InChI is InChI=1S/C17H11ClN2O4/c18-14-7-16-15(23-9-24-16)6-10(14)5-11(8-19)17(22)20-12-1-3-13(21)4-2-12/h1-7,21H,9H2,(H,20,22)/b11-5-. The average Bonchev–Trinajstić information content (AvgIpc) is 3.01. The summed E-state index contributed by atoms with van der Waals surface area (Å²) >= 11 is 6.14. The molecule has 6 nitrogen and oxygen atoms in total. The number of nitrogens with one attached hydrogen (secondary N) is 1. The molecule has 0 bridgehead atoms. The summed E-state index contributed by atoms with van der Waals surface area (Å²) in [6.45, 7) is 0.102. The molecule has 0 aromatic heterocycles. The second-order valence-electron chi connectivity index (χ2n) is 4.90. The number of phenols is 1. The van der Waals surface area contributed by atoms with E-state index in [0.29, 0.717) is 27.8 Å². The van der Waals surface area contributed by atoms with Crippen molar-refractivity contribution in [3.63, 3.8) is 0 Å². The van der Waals surface area contributed by atoms with Gasteiger partial charge in [0.15, 0.2) is 11.5 Å². The fourth-order valence-corrected chi connectivity index (χ4v) is 2.30. The van der Waals surface area contributed by atoms with E-state index in [2.05, 4.69) is 5.32 Å². The van der Waals surface area contributed by atoms with Crippen LogP contribution >= 0.6 is 11.6 Å². The highest BCUT2D eigenvalue weighted by Gasteiger charge is 2.17. The van der Waals surface area contributed by atoms with Gasteiger partial charge in [-0.2, -0.15) is 5.26 Å². The zero-order valence-corrected chi connectivity index (χ0v) is 13.0. The van der Waals surface area contributed by atoms with Crippen molar-refractivity contribution < 1.29 is 19.4 Å². The Morgan fingerprint density at radius 2 is 1.92 bits per heavy atom. The molecule has 0 unspecified atom stereocenters. The van der Waals surface area contributed by atoms with E-state index in [1.165, 1.54) is 30.3 Å². The van der Waals surface area contributed by atoms with Gasteiger partial charge in [-0.3, -0.25) is 4.79 Å². The van der Waals surface area contributed by atoms with E-state index in [1.54, 1.807) is 12.1 Å². The van der Waals surface area contributed by atoms with Crippen LogP contribution in [-0.2, 0) is 4.79 Å². The number of amides is 1. The molecule has 2 N–H and O–H groups in total. The minimum absolute atomic E-state index is 0.0798. The first kappa shape index (κ1) is 15.7. The van der Waals surface area contributed by atoms with Crippen LogP contribution in [0.3, 0.4) is 0 Å². The van der Waals surface area contributed by atoms with Crippen LogP contribution in [0.1, 0.15) is 5.56 Å². The van der Waals surface area contributed by atoms with Crippen molar-refractivity contribution in [2.75, 3.05) is 12.1 Å². The molecule has 120 valence electrons. The van der Waals surface area contributed by atoms with Crippen molar-refractivity contribution in [2.24, 2.45) is 0 Å². The van der Waals surface area contributed by atoms with E-state index in [9.17, 15) is 15.2 Å². The number of fused-ring (bicyclic) bond motifs is 1. The third-order valence-corrected chi connectivity index (χ3v) is 3.61. The first-order valence-corrected chi connectivity index (χ1v) is 7.26. The topological polar surface area (TPSA) is 91.6 Å². The quantitative estimate of drug-likeness (QED) is 0.507. The molecule has 0 spiro atoms. The second kappa shape index (κ2) is 6.52. The Balaban J connectivity index is 1.85. The fraction of sp³-hybridized carbons (Fsp3) is 0.0588. The summed E-state index contributed by atoms with van der Waals surface area (Å²) in [6, 6.07) is 10.9. The van der Waals surface area contributed by atoms with Gasteiger partial charge in [-0.1, -0.05) is 11.6 Å². The fourth-order valence-electron chi connectivity index (χ4n) is 2.09. The van der Waals surface area contributed by atoms with Gasteiger partial charge in [-0.05, 0) is 42.0 Å². The number of nitriles is 1. The number of hydrogen-bond acceptors (Lipinski definition) is 5. The molecule has 1 amide bonds. The SMILES string of the molecule is N#C/C(=C/c1cc2c(cc1Cl)OCO2)C(=O)Nc1ccc(O)cc1. The van der Waals surface area contributed by atoms with Crippen molar-refractivity contribution in [1.29, 1.82) is 5.26 Å². The highest BCUT2D eigenvalue weighted by Crippen LogP contribution is 2.37. The molecule has 0 fully saturated rings. The van der Waals surface area contributed by atoms with Crippen LogP contribution in [0.15, 0.2) is 42.0 Å². The number of hydrogen-bond donors (Lipinski definition) is 2. The monoisotopic (exact) mass is 342 g/mol. The molecule has 3 rings (SSSR count). The number of nitrogens with zero attached hydrogens (tertiary/aromatic N) is 1. The van der Waals surface area contributed by atoms with Crippen LogP contribution in [0.25, 0.3) is 6.08 Å². The molecular formula is C17H11ClN2O4. The number of halogens is 1. The molecule has 0 saturated carbocycles. The van der Waals surface area contributed by atoms with Gasteiger partial charge in [-0.15, -0.1) is 0 Å². The highest BCUT2D eigenvalue weighted by molar-refractivity contribution is 6.32. The number of aromatic hydroxyl groups is 1. The molecular weight excluding hydrogens is 332 g/mol. The van der Waals surface area contributed by atoms with Gasteiger partial charge in [0.1, 0.15) is 17.4 Å². The highest BCUT2D eigenvalue weighted by atomic mass is 35.5. The van der Waals surface area contributed by atoms with Crippen LogP contribution in [0.2, 0.25) is 5.02 Å². The Kier molecular flexibility index (Phi) is 4.27. The predicted octanol–water partition coefficient (Wildman–Crippen LogP) is 3.32. The van der Waals surface area contributed by atoms with Crippen LogP contribution in [0.5, 0.6) is 17.2 Å². The van der Waals surface area contributed by atoms with Gasteiger partial charge in [-0.25, -0.2) is 0 Å². The minimum atomic E-state index is -0.586. The Hall–Kier alpha value is -3.17. The Bertz CT molecular complexity index is 869. The Morgan fingerprint density at radius 3 is 2.58 bits per heavy atom. The normalized spacial score (nSPS) is 12.6. The molecule has 0 atom stereocenters. The molecule has 1 aliphatic rings. The lowest BCUT2D eigenvalue weighted by molar-refractivity contribution is -0.112. The number of ether oxygens (including phenoxy) is 2. The van der Waals surface area contributed by atoms with Crippen molar-refractivity contribution in [3.05, 3.63) is 52.6 Å². The lowest BCUT2D eigenvalue weighted by Gasteiger charge is -2.05. The van der Waals surface area contributed by atoms with E-state index in [4.69, 9.17) is 21.1 Å². The smallest absolute Gasteiger partial charge is 0.266 e. The van der Waals surface area contributed by atoms with E-state index >= 15 is 0 Å². The van der Waals surface area contributed by atoms with Gasteiger partial charge in [0.05, 0.1) is 5.02 Å². The summed E-state index contributed by atoms with van der Waals surface area (Å²) in [4.78, 5) is 12.2. The molecule has 1 heterocycles. The van der Waals surface area contributed by atoms with Crippen LogP contribution in [0.4, 0.5) is 5.69 Å². The Morgan fingerprint density at radius 1 is 1.25 bits per heavy atom. The first-order valence-electron chi connectivity index (χ1n) is 6.88. The summed E-state index contributed by atoms with van der Waals surface area (Å²) in [7, 11) is 0. The minimum Gasteiger partial charge on any atom is -0.508 e. The lowest BCUT2D eigenvalue weighted by Crippen LogP contribution is -2.13. The summed E-state index contributed by atoms with van der Waals surface area (Å²) < 4.78 is 10.5. The summed E-state index contributed by atoms with van der Waals surface area (Å²) in [6.07, 6.45) is 1.38. The number of rotatable bonds is 3. The summed E-state index contributed by atoms with van der Waals surface area (Å²) in [5.41, 5.74) is 0.804. The predicted molar refractivity (Wildman–Crippen MR) is 87.9 cm³/mol. The van der Waals surface area contributed by atoms with Crippen LogP contribution in [-0.4, -0.2) is 17.8 Å². The van der Waals surface area contributed by atoms with Gasteiger partial charge in [0.2, 0.25) is 6.79 Å². The largest absolute Gasteiger partial charge is 0.508 e. The molecule has 24 heavy (non-hydrogen) atoms. The van der Waals surface area contributed by atoms with Crippen LogP contribution < -0.4 is 14.8 Å². The lowest BCUT2D eigenvalue weighted by atomic mass is 10.1. The number of carbonyl (C=O) groups is 1. The molecule has 0 aliphatic carbocycles. The van der Waals surface area contributed by atoms with E-state index < -0.39 is 5.91 Å². The van der Waals surface area contributed by atoms with Crippen molar-refractivity contribution in [3.8, 4) is 23.3 Å². The van der Waals surface area contributed by atoms with Crippen LogP contribution in [0, 0.1) is 11.3 Å². The van der Waals surface area contributed by atoms with Crippen molar-refractivity contribution >= 4 is 29.3 Å². The van der Waals surface area contributed by atoms with Crippen molar-refractivity contribution in [1.82, 2.24) is 0 Å². The second-order valence-corrected chi connectivity index (χ2v) is 5.30. The Labute approximate surface area is 142 Å². The van der Waals surface area contributed by atoms with Crippen molar-refractivity contribution in [2.45, 2.75) is 0 Å². The summed E-state index contributed by atoms with van der Waals surface area (Å²) in [5.74, 6) is 0.513. The number of anilines is 1. The third-order valence-electron chi connectivity index (χ3n) is 3.28. The number of benzene rings is 2. The van der Waals surface area contributed by atoms with Gasteiger partial charge >= 0.3 is 0 Å². The molecule has 7 heteroatoms. The maximum absolute atomic E-state index is 12.2. The molecule has 2 aromatic carbocycles. The van der Waals surface area contributed by atoms with Gasteiger partial charge < -0.3 is 19.9 Å². The summed E-state index contributed by atoms with van der Waals surface area (Å²) in [5, 5.41) is 21.4. The van der Waals surface area contributed by atoms with E-state index in [0.717, 1.165) is 0 Å². The van der Waals surface area contributed by atoms with E-state index in [-0.39, 0.29) is 18.1 Å². The maximum atomic E-state index is 12.2. The number of phenolic OH excluding ortho intramolecular Hbond substituents is 1. The third kappa shape index (κ3) is 3.26. The molecule has 2 aromatic rings. The maximum Gasteiger partial charge on any atom is 0.266 e. The van der Waals surface area contributed by atoms with E-state index in [1.807, 2.05) is 6.07 Å².